The molecule has 4 rings (SSSR count). The number of aromatic nitrogens is 2. The summed E-state index contributed by atoms with van der Waals surface area (Å²) in [6.45, 7) is 3.28. The summed E-state index contributed by atoms with van der Waals surface area (Å²) in [6, 6.07) is 0.597. The summed E-state index contributed by atoms with van der Waals surface area (Å²) in [5.41, 5.74) is 0. The molecule has 0 radical (unpaired) electrons. The van der Waals surface area contributed by atoms with Crippen LogP contribution in [0.3, 0.4) is 0 Å². The maximum Gasteiger partial charge on any atom is 0.262 e. The molecule has 1 atom stereocenters. The number of piperidine rings is 1. The minimum atomic E-state index is -3.42. The van der Waals surface area contributed by atoms with E-state index in [9.17, 15) is 8.42 Å². The van der Waals surface area contributed by atoms with Gasteiger partial charge in [0.2, 0.25) is 0 Å². The van der Waals surface area contributed by atoms with Gasteiger partial charge in [-0.15, -0.1) is 0 Å². The highest BCUT2D eigenvalue weighted by molar-refractivity contribution is 7.89. The van der Waals surface area contributed by atoms with Gasteiger partial charge < -0.3 is 9.88 Å². The molecule has 2 saturated heterocycles. The van der Waals surface area contributed by atoms with Gasteiger partial charge in [-0.25, -0.2) is 13.4 Å². The Morgan fingerprint density at radius 1 is 1.09 bits per heavy atom. The minimum Gasteiger partial charge on any atom is -0.333 e. The molecule has 3 aliphatic heterocycles. The molecule has 4 heterocycles. The van der Waals surface area contributed by atoms with Gasteiger partial charge in [0.1, 0.15) is 5.82 Å². The summed E-state index contributed by atoms with van der Waals surface area (Å²) in [6.07, 6.45) is 9.28. The van der Waals surface area contributed by atoms with Crippen LogP contribution in [0, 0.1) is 5.92 Å². The first kappa shape index (κ1) is 15.6. The molecule has 3 aliphatic rings. The number of hydrogen-bond donors (Lipinski definition) is 1. The van der Waals surface area contributed by atoms with Gasteiger partial charge in [0, 0.05) is 38.3 Å². The van der Waals surface area contributed by atoms with Crippen molar-refractivity contribution >= 4 is 10.0 Å². The average molecular weight is 338 g/mol. The van der Waals surface area contributed by atoms with Crippen molar-refractivity contribution in [2.45, 2.75) is 62.6 Å². The Kier molecular flexibility index (Phi) is 4.19. The molecule has 1 unspecified atom stereocenters. The van der Waals surface area contributed by atoms with Crippen molar-refractivity contribution in [3.8, 4) is 0 Å². The van der Waals surface area contributed by atoms with Crippen molar-refractivity contribution in [2.75, 3.05) is 19.6 Å². The number of nitrogens with one attached hydrogen (secondary N) is 1. The summed E-state index contributed by atoms with van der Waals surface area (Å²) >= 11 is 0. The van der Waals surface area contributed by atoms with Crippen LogP contribution in [0.2, 0.25) is 0 Å². The molecule has 1 aromatic rings. The van der Waals surface area contributed by atoms with E-state index in [1.807, 2.05) is 4.57 Å². The smallest absolute Gasteiger partial charge is 0.262 e. The molecule has 2 fully saturated rings. The Labute approximate surface area is 138 Å². The van der Waals surface area contributed by atoms with E-state index >= 15 is 0 Å². The van der Waals surface area contributed by atoms with Crippen LogP contribution in [-0.2, 0) is 23.0 Å². The number of aryl methyl sites for hydroxylation is 2. The summed E-state index contributed by atoms with van der Waals surface area (Å²) in [4.78, 5) is 4.42. The van der Waals surface area contributed by atoms with Crippen molar-refractivity contribution in [1.82, 2.24) is 19.2 Å². The topological polar surface area (TPSA) is 67.2 Å². The zero-order valence-electron chi connectivity index (χ0n) is 13.6. The number of sulfonamides is 1. The summed E-state index contributed by atoms with van der Waals surface area (Å²) in [5, 5.41) is 3.82. The fraction of sp³-hybridized carbons (Fsp3) is 0.812. The van der Waals surface area contributed by atoms with Gasteiger partial charge in [-0.3, -0.25) is 0 Å². The van der Waals surface area contributed by atoms with Crippen molar-refractivity contribution < 1.29 is 8.42 Å². The molecule has 0 saturated carbocycles. The van der Waals surface area contributed by atoms with E-state index in [4.69, 9.17) is 0 Å². The predicted octanol–water partition coefficient (Wildman–Crippen LogP) is 1.37. The third-order valence-electron chi connectivity index (χ3n) is 5.66. The molecular weight excluding hydrogens is 312 g/mol. The molecule has 0 amide bonds. The van der Waals surface area contributed by atoms with Gasteiger partial charge in [0.15, 0.2) is 5.03 Å². The number of fused-ring (bicyclic) bond motifs is 1. The molecule has 128 valence electrons. The lowest BCUT2D eigenvalue weighted by Crippen LogP contribution is -2.43. The molecular formula is C16H26N4O2S. The van der Waals surface area contributed by atoms with Crippen molar-refractivity contribution in [3.63, 3.8) is 0 Å². The second kappa shape index (κ2) is 6.18. The molecule has 0 aliphatic carbocycles. The van der Waals surface area contributed by atoms with Crippen LogP contribution in [0.5, 0.6) is 0 Å². The second-order valence-electron chi connectivity index (χ2n) is 7.09. The fourth-order valence-electron chi connectivity index (χ4n) is 4.28. The van der Waals surface area contributed by atoms with Gasteiger partial charge in [-0.2, -0.15) is 4.31 Å². The third-order valence-corrected chi connectivity index (χ3v) is 7.43. The molecule has 1 aromatic heterocycles. The standard InChI is InChI=1S/C16H26N4O2S/c21-23(22,16-12-19-9-2-1-5-15(19)18-16)20-10-6-13(7-11-20)14-4-3-8-17-14/h12-14,17H,1-11H2. The minimum absolute atomic E-state index is 0.256. The quantitative estimate of drug-likeness (QED) is 0.904. The van der Waals surface area contributed by atoms with E-state index in [-0.39, 0.29) is 5.03 Å². The van der Waals surface area contributed by atoms with E-state index in [0.717, 1.165) is 51.0 Å². The fourth-order valence-corrected chi connectivity index (χ4v) is 5.71. The molecule has 6 nitrogen and oxygen atoms in total. The molecule has 1 N–H and O–H groups in total. The highest BCUT2D eigenvalue weighted by Crippen LogP contribution is 2.29. The summed E-state index contributed by atoms with van der Waals surface area (Å²) in [5.74, 6) is 1.55. The van der Waals surface area contributed by atoms with E-state index in [2.05, 4.69) is 10.3 Å². The summed E-state index contributed by atoms with van der Waals surface area (Å²) in [7, 11) is -3.42. The Bertz CT molecular complexity index is 632. The largest absolute Gasteiger partial charge is 0.333 e. The lowest BCUT2D eigenvalue weighted by molar-refractivity contribution is 0.233. The maximum absolute atomic E-state index is 12.9. The zero-order chi connectivity index (χ0) is 15.9. The molecule has 0 bridgehead atoms. The number of rotatable bonds is 3. The normalized spacial score (nSPS) is 27.2. The van der Waals surface area contributed by atoms with Crippen LogP contribution in [-0.4, -0.2) is 48.0 Å². The van der Waals surface area contributed by atoms with Crippen molar-refractivity contribution in [3.05, 3.63) is 12.0 Å². The predicted molar refractivity (Wildman–Crippen MR) is 87.7 cm³/mol. The molecule has 23 heavy (non-hydrogen) atoms. The van der Waals surface area contributed by atoms with Crippen LogP contribution >= 0.6 is 0 Å². The van der Waals surface area contributed by atoms with Gasteiger partial charge >= 0.3 is 0 Å². The number of imidazole rings is 1. The maximum atomic E-state index is 12.9. The van der Waals surface area contributed by atoms with E-state index in [0.29, 0.717) is 25.0 Å². The molecule has 0 spiro atoms. The lowest BCUT2D eigenvalue weighted by atomic mass is 9.89. The van der Waals surface area contributed by atoms with Crippen molar-refractivity contribution in [2.24, 2.45) is 5.92 Å². The first-order valence-electron chi connectivity index (χ1n) is 8.94. The van der Waals surface area contributed by atoms with Crippen LogP contribution in [0.15, 0.2) is 11.2 Å². The number of hydrogen-bond acceptors (Lipinski definition) is 4. The SMILES string of the molecule is O=S(=O)(c1cn2c(n1)CCCC2)N1CCC(C2CCCN2)CC1. The number of nitrogens with zero attached hydrogens (tertiary/aromatic N) is 3. The lowest BCUT2D eigenvalue weighted by Gasteiger charge is -2.33. The molecule has 7 heteroatoms. The highest BCUT2D eigenvalue weighted by Gasteiger charge is 2.35. The van der Waals surface area contributed by atoms with Gasteiger partial charge in [-0.05, 0) is 51.0 Å². The first-order chi connectivity index (χ1) is 11.1. The van der Waals surface area contributed by atoms with Crippen LogP contribution in [0.25, 0.3) is 0 Å². The van der Waals surface area contributed by atoms with E-state index < -0.39 is 10.0 Å². The summed E-state index contributed by atoms with van der Waals surface area (Å²) < 4.78 is 29.4. The van der Waals surface area contributed by atoms with Gasteiger partial charge in [-0.1, -0.05) is 0 Å². The van der Waals surface area contributed by atoms with E-state index in [1.165, 1.54) is 12.8 Å². The zero-order valence-corrected chi connectivity index (χ0v) is 14.4. The average Bonchev–Trinajstić information content (AvgIpc) is 3.24. The second-order valence-corrected chi connectivity index (χ2v) is 8.98. The van der Waals surface area contributed by atoms with Crippen molar-refractivity contribution in [1.29, 1.82) is 0 Å². The van der Waals surface area contributed by atoms with E-state index in [1.54, 1.807) is 10.5 Å². The Hall–Kier alpha value is -0.920. The monoisotopic (exact) mass is 338 g/mol. The van der Waals surface area contributed by atoms with Crippen LogP contribution in [0.4, 0.5) is 0 Å². The highest BCUT2D eigenvalue weighted by atomic mass is 32.2. The Morgan fingerprint density at radius 2 is 1.91 bits per heavy atom. The van der Waals surface area contributed by atoms with Crippen LogP contribution in [0.1, 0.15) is 44.3 Å². The molecule has 0 aromatic carbocycles. The Balaban J connectivity index is 1.46. The van der Waals surface area contributed by atoms with Crippen LogP contribution < -0.4 is 5.32 Å². The Morgan fingerprint density at radius 3 is 2.61 bits per heavy atom. The first-order valence-corrected chi connectivity index (χ1v) is 10.4. The van der Waals surface area contributed by atoms with Gasteiger partial charge in [0.25, 0.3) is 10.0 Å². The third kappa shape index (κ3) is 2.94. The van der Waals surface area contributed by atoms with Gasteiger partial charge in [0.05, 0.1) is 0 Å².